The number of para-hydroxylation sites is 1. The summed E-state index contributed by atoms with van der Waals surface area (Å²) in [4.78, 5) is 51.5. The van der Waals surface area contributed by atoms with Crippen molar-refractivity contribution in [1.82, 2.24) is 15.5 Å². The van der Waals surface area contributed by atoms with Gasteiger partial charge in [0.1, 0.15) is 12.3 Å². The number of carbonyl (C=O) groups is 4. The summed E-state index contributed by atoms with van der Waals surface area (Å²) in [7, 11) is 0. The van der Waals surface area contributed by atoms with E-state index in [1.54, 1.807) is 24.3 Å². The van der Waals surface area contributed by atoms with Gasteiger partial charge < -0.3 is 15.4 Å². The molecule has 8 nitrogen and oxygen atoms in total. The van der Waals surface area contributed by atoms with Crippen molar-refractivity contribution in [3.63, 3.8) is 0 Å². The summed E-state index contributed by atoms with van der Waals surface area (Å²) in [5, 5.41) is 5.41. The number of rotatable bonds is 6. The molecule has 0 radical (unpaired) electrons. The molecule has 1 fully saturated rings. The molecule has 1 saturated heterocycles. The van der Waals surface area contributed by atoms with Gasteiger partial charge in [-0.3, -0.25) is 19.3 Å². The van der Waals surface area contributed by atoms with Gasteiger partial charge in [0.25, 0.3) is 5.91 Å². The number of nitrogens with zero attached hydrogens (tertiary/aromatic N) is 1. The van der Waals surface area contributed by atoms with E-state index in [4.69, 9.17) is 4.74 Å². The molecular weight excluding hydrogens is 398 g/mol. The molecule has 160 valence electrons. The number of urea groups is 1. The van der Waals surface area contributed by atoms with Crippen LogP contribution in [0, 0.1) is 0 Å². The van der Waals surface area contributed by atoms with Gasteiger partial charge in [-0.15, -0.1) is 0 Å². The van der Waals surface area contributed by atoms with Gasteiger partial charge in [0.15, 0.2) is 11.3 Å². The van der Waals surface area contributed by atoms with Gasteiger partial charge in [0, 0.05) is 12.0 Å². The van der Waals surface area contributed by atoms with E-state index >= 15 is 0 Å². The fourth-order valence-electron chi connectivity index (χ4n) is 4.05. The van der Waals surface area contributed by atoms with Crippen molar-refractivity contribution < 1.29 is 23.9 Å². The smallest absolute Gasteiger partial charge is 0.325 e. The third kappa shape index (κ3) is 3.88. The molecule has 0 saturated carbocycles. The average molecular weight is 421 g/mol. The Kier molecular flexibility index (Phi) is 5.46. The van der Waals surface area contributed by atoms with Crippen molar-refractivity contribution in [2.45, 2.75) is 31.3 Å². The molecular formula is C23H23N3O5. The van der Waals surface area contributed by atoms with Crippen LogP contribution in [0.15, 0.2) is 54.6 Å². The number of imide groups is 1. The van der Waals surface area contributed by atoms with Gasteiger partial charge in [-0.1, -0.05) is 48.5 Å². The zero-order chi connectivity index (χ0) is 22.0. The van der Waals surface area contributed by atoms with Crippen LogP contribution >= 0.6 is 0 Å². The molecule has 8 heteroatoms. The number of hydrogen-bond acceptors (Lipinski definition) is 5. The Bertz CT molecular complexity index is 1040. The van der Waals surface area contributed by atoms with Gasteiger partial charge in [0.2, 0.25) is 5.91 Å². The van der Waals surface area contributed by atoms with Crippen molar-refractivity contribution in [2.75, 3.05) is 13.2 Å². The number of fused-ring (bicyclic) bond motifs is 2. The molecule has 2 atom stereocenters. The molecule has 2 aliphatic heterocycles. The largest absolute Gasteiger partial charge is 0.493 e. The fraction of sp³-hybridized carbons (Fsp3) is 0.304. The second kappa shape index (κ2) is 8.22. The number of hydrogen-bond donors (Lipinski definition) is 2. The predicted molar refractivity (Wildman–Crippen MR) is 111 cm³/mol. The van der Waals surface area contributed by atoms with Crippen molar-refractivity contribution >= 4 is 23.6 Å². The third-order valence-electron chi connectivity index (χ3n) is 5.67. The quantitative estimate of drug-likeness (QED) is 0.689. The summed E-state index contributed by atoms with van der Waals surface area (Å²) >= 11 is 0. The molecule has 0 aliphatic carbocycles. The van der Waals surface area contributed by atoms with E-state index in [2.05, 4.69) is 10.6 Å². The molecule has 4 rings (SSSR count). The maximum absolute atomic E-state index is 13.2. The van der Waals surface area contributed by atoms with Crippen molar-refractivity contribution in [3.05, 3.63) is 65.7 Å². The topological polar surface area (TPSA) is 105 Å². The molecule has 31 heavy (non-hydrogen) atoms. The molecule has 2 aliphatic rings. The Balaban J connectivity index is 1.48. The van der Waals surface area contributed by atoms with Crippen LogP contribution in [0.1, 0.15) is 24.5 Å². The Morgan fingerprint density at radius 2 is 1.84 bits per heavy atom. The molecule has 4 amide bonds. The van der Waals surface area contributed by atoms with Crippen LogP contribution in [0.5, 0.6) is 5.75 Å². The average Bonchev–Trinajstić information content (AvgIpc) is 2.99. The van der Waals surface area contributed by atoms with Crippen LogP contribution in [0.4, 0.5) is 4.79 Å². The number of amides is 4. The van der Waals surface area contributed by atoms with Crippen molar-refractivity contribution in [1.29, 1.82) is 0 Å². The Morgan fingerprint density at radius 3 is 2.58 bits per heavy atom. The minimum absolute atomic E-state index is 0.204. The molecule has 2 N–H and O–H groups in total. The number of carbonyl (C=O) groups excluding carboxylic acids is 4. The molecule has 2 unspecified atom stereocenters. The van der Waals surface area contributed by atoms with Gasteiger partial charge >= 0.3 is 6.03 Å². The molecule has 2 aromatic carbocycles. The standard InChI is InChI=1S/C23H23N3O5/c1-15(27)18(13-16-7-3-2-4-8-16)24-20(28)14-26-21(29)23(25-22(26)30)11-12-31-19-10-6-5-9-17(19)23/h2-10,18H,11-14H2,1H3,(H,24,28)(H,25,30). The zero-order valence-corrected chi connectivity index (χ0v) is 17.1. The van der Waals surface area contributed by atoms with E-state index in [0.717, 1.165) is 10.5 Å². The van der Waals surface area contributed by atoms with Gasteiger partial charge in [-0.25, -0.2) is 4.79 Å². The van der Waals surface area contributed by atoms with E-state index in [9.17, 15) is 19.2 Å². The molecule has 2 heterocycles. The van der Waals surface area contributed by atoms with Crippen LogP contribution < -0.4 is 15.4 Å². The minimum Gasteiger partial charge on any atom is -0.493 e. The third-order valence-corrected chi connectivity index (χ3v) is 5.67. The first-order valence-electron chi connectivity index (χ1n) is 10.1. The summed E-state index contributed by atoms with van der Waals surface area (Å²) in [6, 6.07) is 15.0. The van der Waals surface area contributed by atoms with Crippen molar-refractivity contribution in [2.24, 2.45) is 0 Å². The van der Waals surface area contributed by atoms with Crippen LogP contribution in [0.3, 0.4) is 0 Å². The van der Waals surface area contributed by atoms with Crippen LogP contribution in [0.2, 0.25) is 0 Å². The Morgan fingerprint density at radius 1 is 1.13 bits per heavy atom. The van der Waals surface area contributed by atoms with Crippen LogP contribution in [-0.2, 0) is 26.3 Å². The number of Topliss-reactive ketones (excluding diaryl/α,β-unsaturated/α-hetero) is 1. The number of ether oxygens (including phenoxy) is 1. The summed E-state index contributed by atoms with van der Waals surface area (Å²) < 4.78 is 5.61. The lowest BCUT2D eigenvalue weighted by Crippen LogP contribution is -2.49. The maximum atomic E-state index is 13.2. The van der Waals surface area contributed by atoms with Gasteiger partial charge in [0.05, 0.1) is 12.6 Å². The lowest BCUT2D eigenvalue weighted by Gasteiger charge is -2.33. The Hall–Kier alpha value is -3.68. The second-order valence-corrected chi connectivity index (χ2v) is 7.74. The number of benzene rings is 2. The van der Waals surface area contributed by atoms with Crippen LogP contribution in [-0.4, -0.2) is 47.7 Å². The first-order valence-corrected chi connectivity index (χ1v) is 10.1. The summed E-state index contributed by atoms with van der Waals surface area (Å²) in [6.45, 7) is 1.20. The van der Waals surface area contributed by atoms with E-state index in [1.807, 2.05) is 30.3 Å². The number of nitrogens with one attached hydrogen (secondary N) is 2. The minimum atomic E-state index is -1.24. The summed E-state index contributed by atoms with van der Waals surface area (Å²) in [6.07, 6.45) is 0.605. The molecule has 0 aromatic heterocycles. The lowest BCUT2D eigenvalue weighted by molar-refractivity contribution is -0.136. The zero-order valence-electron chi connectivity index (χ0n) is 17.1. The Labute approximate surface area is 179 Å². The first-order chi connectivity index (χ1) is 14.9. The summed E-state index contributed by atoms with van der Waals surface area (Å²) in [5.41, 5.74) is 0.236. The van der Waals surface area contributed by atoms with E-state index in [0.29, 0.717) is 17.7 Å². The van der Waals surface area contributed by atoms with E-state index in [-0.39, 0.29) is 18.8 Å². The van der Waals surface area contributed by atoms with Gasteiger partial charge in [-0.2, -0.15) is 0 Å². The first kappa shape index (κ1) is 20.6. The normalized spacial score (nSPS) is 20.6. The van der Waals surface area contributed by atoms with Crippen LogP contribution in [0.25, 0.3) is 0 Å². The SMILES string of the molecule is CC(=O)C(Cc1ccccc1)NC(=O)CN1C(=O)NC2(CCOc3ccccc32)C1=O. The maximum Gasteiger partial charge on any atom is 0.325 e. The highest BCUT2D eigenvalue weighted by molar-refractivity contribution is 6.10. The molecule has 0 bridgehead atoms. The number of ketones is 1. The highest BCUT2D eigenvalue weighted by atomic mass is 16.5. The van der Waals surface area contributed by atoms with Crippen molar-refractivity contribution in [3.8, 4) is 5.75 Å². The predicted octanol–water partition coefficient (Wildman–Crippen LogP) is 1.53. The van der Waals surface area contributed by atoms with Gasteiger partial charge in [-0.05, 0) is 25.0 Å². The van der Waals surface area contributed by atoms with E-state index < -0.39 is 36.0 Å². The molecule has 1 spiro atoms. The highest BCUT2D eigenvalue weighted by Crippen LogP contribution is 2.40. The fourth-order valence-corrected chi connectivity index (χ4v) is 4.05. The lowest BCUT2D eigenvalue weighted by atomic mass is 9.84. The molecule has 2 aromatic rings. The summed E-state index contributed by atoms with van der Waals surface area (Å²) in [5.74, 6) is -0.736. The highest BCUT2D eigenvalue weighted by Gasteiger charge is 2.55. The monoisotopic (exact) mass is 421 g/mol. The van der Waals surface area contributed by atoms with E-state index in [1.165, 1.54) is 6.92 Å². The second-order valence-electron chi connectivity index (χ2n) is 7.74.